The molecule has 0 aromatic rings. The van der Waals surface area contributed by atoms with E-state index >= 15 is 0 Å². The molecule has 41 heavy (non-hydrogen) atoms. The van der Waals surface area contributed by atoms with E-state index < -0.39 is 88.5 Å². The number of rotatable bonds is 16. The molecule has 0 aliphatic heterocycles. The van der Waals surface area contributed by atoms with Crippen molar-refractivity contribution in [2.75, 3.05) is 19.8 Å². The lowest BCUT2D eigenvalue weighted by Crippen LogP contribution is -2.70. The van der Waals surface area contributed by atoms with Gasteiger partial charge in [0.1, 0.15) is 5.78 Å². The molecule has 0 saturated carbocycles. The number of hydrogen-bond donors (Lipinski definition) is 5. The molecule has 0 rings (SSSR count). The Balaban J connectivity index is 0. The van der Waals surface area contributed by atoms with Gasteiger partial charge in [-0.1, -0.05) is 0 Å². The van der Waals surface area contributed by atoms with Crippen molar-refractivity contribution in [2.24, 2.45) is 11.3 Å². The maximum absolute atomic E-state index is 11.7. The van der Waals surface area contributed by atoms with Gasteiger partial charge in [-0.05, 0) is 41.5 Å². The van der Waals surface area contributed by atoms with E-state index in [1.165, 1.54) is 0 Å². The molecule has 0 saturated heterocycles. The van der Waals surface area contributed by atoms with Crippen LogP contribution in [0.5, 0.6) is 0 Å². The number of hydrogen-bond acceptors (Lipinski definition) is 14. The van der Waals surface area contributed by atoms with Gasteiger partial charge >= 0.3 is 35.8 Å². The summed E-state index contributed by atoms with van der Waals surface area (Å²) in [6, 6.07) is 0. The number of ether oxygens (including phenoxy) is 3. The molecule has 0 aromatic heterocycles. The van der Waals surface area contributed by atoms with Gasteiger partial charge in [0.15, 0.2) is 23.1 Å². The third-order valence-corrected chi connectivity index (χ3v) is 5.49. The molecular formula is C24H34O17. The molecule has 17 heteroatoms. The number of ketones is 3. The first kappa shape index (κ1) is 38.9. The number of esters is 3. The van der Waals surface area contributed by atoms with Crippen molar-refractivity contribution in [3.8, 4) is 0 Å². The summed E-state index contributed by atoms with van der Waals surface area (Å²) in [5.41, 5.74) is -9.89. The highest BCUT2D eigenvalue weighted by Gasteiger charge is 2.73. The van der Waals surface area contributed by atoms with Crippen LogP contribution >= 0.6 is 0 Å². The molecule has 0 aliphatic carbocycles. The van der Waals surface area contributed by atoms with Gasteiger partial charge in [-0.3, -0.25) is 33.6 Å². The topological polar surface area (TPSA) is 282 Å². The maximum atomic E-state index is 11.7. The quantitative estimate of drug-likeness (QED) is 0.0774. The van der Waals surface area contributed by atoms with Gasteiger partial charge in [0.25, 0.3) is 0 Å². The molecule has 0 aliphatic rings. The van der Waals surface area contributed by atoms with Gasteiger partial charge in [0, 0.05) is 0 Å². The van der Waals surface area contributed by atoms with Gasteiger partial charge in [0.05, 0.1) is 32.7 Å². The molecule has 2 atom stereocenters. The third-order valence-electron chi connectivity index (χ3n) is 5.49. The van der Waals surface area contributed by atoms with Crippen LogP contribution in [0.1, 0.15) is 54.4 Å². The highest BCUT2D eigenvalue weighted by atomic mass is 16.6. The summed E-state index contributed by atoms with van der Waals surface area (Å²) in [5, 5.41) is 47.7. The lowest BCUT2D eigenvalue weighted by atomic mass is 9.60. The van der Waals surface area contributed by atoms with Gasteiger partial charge in [0.2, 0.25) is 11.0 Å². The summed E-state index contributed by atoms with van der Waals surface area (Å²) in [6.45, 7) is 6.55. The highest BCUT2D eigenvalue weighted by Crippen LogP contribution is 2.41. The standard InChI is InChI=1S/C12H14O10.C12H20O7/c1-4(13)7(8(16)17)12(22,10(20)21)11(5(2)14,6(3)15)9(18)19;1-4-17-9(13)7-12(16,11(15)19-6-3)8-10(14)18-5-2/h7,22H,1-3H3,(H,16,17)(H,18,19)(H,20,21);16H,4-8H2,1-3H3. The van der Waals surface area contributed by atoms with Crippen LogP contribution in [0.3, 0.4) is 0 Å². The smallest absolute Gasteiger partial charge is 0.339 e. The fraction of sp³-hybridized carbons (Fsp3) is 0.625. The number of aliphatic carboxylic acids is 3. The average Bonchev–Trinajstić information content (AvgIpc) is 2.78. The number of carbonyl (C=O) groups excluding carboxylic acids is 6. The predicted molar refractivity (Wildman–Crippen MR) is 130 cm³/mol. The maximum Gasteiger partial charge on any atom is 0.339 e. The van der Waals surface area contributed by atoms with Gasteiger partial charge in [-0.25, -0.2) is 9.59 Å². The Hall–Kier alpha value is -4.25. The van der Waals surface area contributed by atoms with Crippen LogP contribution in [-0.2, 0) is 57.4 Å². The lowest BCUT2D eigenvalue weighted by molar-refractivity contribution is -0.203. The SMILES string of the molecule is CC(=O)C(C(=O)O)C(O)(C(=O)O)C(C(C)=O)(C(C)=O)C(=O)O.CCOC(=O)CC(O)(CC(=O)OCC)C(=O)OCC. The van der Waals surface area contributed by atoms with E-state index in [1.54, 1.807) is 20.8 Å². The van der Waals surface area contributed by atoms with Crippen LogP contribution in [-0.4, -0.2) is 110 Å². The third kappa shape index (κ3) is 8.87. The fourth-order valence-corrected chi connectivity index (χ4v) is 3.77. The molecular weight excluding hydrogens is 560 g/mol. The summed E-state index contributed by atoms with van der Waals surface area (Å²) < 4.78 is 14.0. The summed E-state index contributed by atoms with van der Waals surface area (Å²) in [5.74, 6) is -17.2. The van der Waals surface area contributed by atoms with Crippen molar-refractivity contribution in [1.82, 2.24) is 0 Å². The summed E-state index contributed by atoms with van der Waals surface area (Å²) in [7, 11) is 0. The first-order valence-electron chi connectivity index (χ1n) is 11.8. The minimum Gasteiger partial charge on any atom is -0.481 e. The van der Waals surface area contributed by atoms with Crippen molar-refractivity contribution < 1.29 is 82.9 Å². The molecule has 0 aromatic carbocycles. The predicted octanol–water partition coefficient (Wildman–Crippen LogP) is -1.47. The molecule has 0 fully saturated rings. The van der Waals surface area contributed by atoms with Crippen LogP contribution in [0.4, 0.5) is 0 Å². The first-order valence-corrected chi connectivity index (χ1v) is 11.8. The molecule has 0 bridgehead atoms. The molecule has 5 N–H and O–H groups in total. The van der Waals surface area contributed by atoms with E-state index in [0.717, 1.165) is 0 Å². The number of Topliss-reactive ketones (excluding diaryl/α,β-unsaturated/α-hetero) is 3. The minimum absolute atomic E-state index is 0.0206. The summed E-state index contributed by atoms with van der Waals surface area (Å²) in [4.78, 5) is 103. The van der Waals surface area contributed by atoms with E-state index in [0.29, 0.717) is 20.8 Å². The second kappa shape index (κ2) is 16.1. The van der Waals surface area contributed by atoms with Gasteiger partial charge < -0.3 is 39.7 Å². The minimum atomic E-state index is -3.99. The van der Waals surface area contributed by atoms with Crippen LogP contribution in [0.25, 0.3) is 0 Å². The normalized spacial score (nSPS) is 13.2. The second-order valence-corrected chi connectivity index (χ2v) is 8.34. The van der Waals surface area contributed by atoms with Crippen molar-refractivity contribution in [3.63, 3.8) is 0 Å². The molecule has 0 radical (unpaired) electrons. The molecule has 0 heterocycles. The lowest BCUT2D eigenvalue weighted by Gasteiger charge is -2.39. The Bertz CT molecular complexity index is 988. The molecule has 232 valence electrons. The van der Waals surface area contributed by atoms with Crippen LogP contribution in [0.2, 0.25) is 0 Å². The Morgan fingerprint density at radius 2 is 1.00 bits per heavy atom. The number of carboxylic acids is 3. The summed E-state index contributed by atoms with van der Waals surface area (Å²) in [6.07, 6.45) is -1.31. The zero-order valence-corrected chi connectivity index (χ0v) is 23.2. The zero-order chi connectivity index (χ0) is 32.9. The Morgan fingerprint density at radius 1 is 0.634 bits per heavy atom. The molecule has 0 amide bonds. The number of carbonyl (C=O) groups is 9. The monoisotopic (exact) mass is 594 g/mol. The Kier molecular flexibility index (Phi) is 15.3. The van der Waals surface area contributed by atoms with Gasteiger partial charge in [-0.15, -0.1) is 0 Å². The Labute approximate surface area is 233 Å². The molecule has 17 nitrogen and oxygen atoms in total. The molecule has 0 spiro atoms. The number of aliphatic hydroxyl groups is 2. The second-order valence-electron chi connectivity index (χ2n) is 8.34. The van der Waals surface area contributed by atoms with E-state index in [4.69, 9.17) is 10.2 Å². The average molecular weight is 595 g/mol. The zero-order valence-electron chi connectivity index (χ0n) is 23.2. The van der Waals surface area contributed by atoms with Gasteiger partial charge in [-0.2, -0.15) is 0 Å². The van der Waals surface area contributed by atoms with Crippen molar-refractivity contribution in [2.45, 2.75) is 65.6 Å². The van der Waals surface area contributed by atoms with Crippen molar-refractivity contribution >= 4 is 53.2 Å². The van der Waals surface area contributed by atoms with E-state index in [2.05, 4.69) is 14.2 Å². The first-order chi connectivity index (χ1) is 18.7. The fourth-order valence-electron chi connectivity index (χ4n) is 3.77. The van der Waals surface area contributed by atoms with E-state index in [-0.39, 0.29) is 19.8 Å². The van der Waals surface area contributed by atoms with Crippen LogP contribution < -0.4 is 0 Å². The number of carboxylic acid groups (broad SMARTS) is 3. The molecule has 2 unspecified atom stereocenters. The largest absolute Gasteiger partial charge is 0.481 e. The van der Waals surface area contributed by atoms with Crippen molar-refractivity contribution in [3.05, 3.63) is 0 Å². The van der Waals surface area contributed by atoms with Crippen LogP contribution in [0, 0.1) is 11.3 Å². The highest BCUT2D eigenvalue weighted by molar-refractivity contribution is 6.26. The van der Waals surface area contributed by atoms with E-state index in [1.807, 2.05) is 0 Å². The van der Waals surface area contributed by atoms with Crippen molar-refractivity contribution in [1.29, 1.82) is 0 Å². The summed E-state index contributed by atoms with van der Waals surface area (Å²) >= 11 is 0. The van der Waals surface area contributed by atoms with Crippen LogP contribution in [0.15, 0.2) is 0 Å². The Morgan fingerprint density at radius 3 is 1.22 bits per heavy atom. The van der Waals surface area contributed by atoms with E-state index in [9.17, 15) is 58.5 Å².